The van der Waals surface area contributed by atoms with Crippen molar-refractivity contribution in [2.45, 2.75) is 12.8 Å². The van der Waals surface area contributed by atoms with Crippen molar-refractivity contribution in [1.29, 1.82) is 0 Å². The summed E-state index contributed by atoms with van der Waals surface area (Å²) in [6.45, 7) is 4.97. The molecule has 78 valence electrons. The van der Waals surface area contributed by atoms with Gasteiger partial charge in [0.05, 0.1) is 0 Å². The van der Waals surface area contributed by atoms with Crippen LogP contribution in [0.15, 0.2) is 0 Å². The van der Waals surface area contributed by atoms with Crippen LogP contribution < -0.4 is 0 Å². The molecular weight excluding hydrogens is 180 g/mol. The maximum atomic E-state index is 4.35. The number of likely N-dealkylation sites (N-methyl/N-ethyl adjacent to an activating group) is 1. The van der Waals surface area contributed by atoms with E-state index in [4.69, 9.17) is 0 Å². The Bertz CT molecular complexity index is 131. The van der Waals surface area contributed by atoms with Crippen LogP contribution in [0.1, 0.15) is 12.8 Å². The third kappa shape index (κ3) is 4.34. The molecule has 0 amide bonds. The molecule has 1 aliphatic rings. The van der Waals surface area contributed by atoms with Crippen LogP contribution in [-0.4, -0.2) is 55.8 Å². The normalized spacial score (nSPS) is 21.2. The van der Waals surface area contributed by atoms with E-state index in [-0.39, 0.29) is 0 Å². The third-order valence-electron chi connectivity index (χ3n) is 2.83. The molecule has 0 radical (unpaired) electrons. The molecule has 1 fully saturated rings. The molecule has 0 spiro atoms. The second-order valence-electron chi connectivity index (χ2n) is 4.27. The van der Waals surface area contributed by atoms with Gasteiger partial charge in [-0.15, -0.1) is 0 Å². The number of hydrogen-bond donors (Lipinski definition) is 1. The summed E-state index contributed by atoms with van der Waals surface area (Å²) in [6, 6.07) is 0. The zero-order valence-corrected chi connectivity index (χ0v) is 9.76. The Kier molecular flexibility index (Phi) is 5.14. The van der Waals surface area contributed by atoms with Gasteiger partial charge in [-0.25, -0.2) is 0 Å². The van der Waals surface area contributed by atoms with Crippen molar-refractivity contribution in [3.05, 3.63) is 0 Å². The molecule has 0 atom stereocenters. The highest BCUT2D eigenvalue weighted by molar-refractivity contribution is 7.80. The average molecular weight is 202 g/mol. The zero-order valence-electron chi connectivity index (χ0n) is 8.87. The van der Waals surface area contributed by atoms with Crippen molar-refractivity contribution in [3.8, 4) is 0 Å². The summed E-state index contributed by atoms with van der Waals surface area (Å²) < 4.78 is 0. The fourth-order valence-corrected chi connectivity index (χ4v) is 2.10. The molecule has 1 rings (SSSR count). The molecule has 3 heteroatoms. The van der Waals surface area contributed by atoms with Crippen molar-refractivity contribution in [2.75, 3.05) is 46.0 Å². The van der Waals surface area contributed by atoms with Crippen LogP contribution in [0.4, 0.5) is 0 Å². The van der Waals surface area contributed by atoms with Gasteiger partial charge in [0.25, 0.3) is 0 Å². The Labute approximate surface area is 87.7 Å². The van der Waals surface area contributed by atoms with Gasteiger partial charge in [-0.05, 0) is 51.7 Å². The topological polar surface area (TPSA) is 6.48 Å². The summed E-state index contributed by atoms with van der Waals surface area (Å²) in [4.78, 5) is 4.82. The monoisotopic (exact) mass is 202 g/mol. The predicted octanol–water partition coefficient (Wildman–Crippen LogP) is 1.19. The molecule has 1 saturated heterocycles. The van der Waals surface area contributed by atoms with Crippen molar-refractivity contribution < 1.29 is 0 Å². The average Bonchev–Trinajstić information content (AvgIpc) is 2.15. The Morgan fingerprint density at radius 1 is 1.31 bits per heavy atom. The van der Waals surface area contributed by atoms with E-state index in [1.165, 1.54) is 39.0 Å². The van der Waals surface area contributed by atoms with Crippen LogP contribution >= 0.6 is 12.6 Å². The van der Waals surface area contributed by atoms with E-state index in [2.05, 4.69) is 36.5 Å². The van der Waals surface area contributed by atoms with E-state index in [9.17, 15) is 0 Å². The van der Waals surface area contributed by atoms with Gasteiger partial charge in [0.1, 0.15) is 0 Å². The lowest BCUT2D eigenvalue weighted by Gasteiger charge is -2.31. The second-order valence-corrected chi connectivity index (χ2v) is 4.64. The molecule has 0 N–H and O–H groups in total. The van der Waals surface area contributed by atoms with Crippen LogP contribution in [0.3, 0.4) is 0 Å². The summed E-state index contributed by atoms with van der Waals surface area (Å²) in [6.07, 6.45) is 2.69. The fraction of sp³-hybridized carbons (Fsp3) is 1.00. The van der Waals surface area contributed by atoms with Gasteiger partial charge in [0.2, 0.25) is 0 Å². The standard InChI is InChI=1S/C10H22N2S/c1-11(2)7-8-12-5-3-10(9-13)4-6-12/h10,13H,3-9H2,1-2H3. The van der Waals surface area contributed by atoms with Crippen LogP contribution in [0.5, 0.6) is 0 Å². The third-order valence-corrected chi connectivity index (χ3v) is 3.35. The highest BCUT2D eigenvalue weighted by atomic mass is 32.1. The lowest BCUT2D eigenvalue weighted by Crippen LogP contribution is -2.38. The molecule has 13 heavy (non-hydrogen) atoms. The van der Waals surface area contributed by atoms with Gasteiger partial charge in [0.15, 0.2) is 0 Å². The molecule has 0 unspecified atom stereocenters. The summed E-state index contributed by atoms with van der Waals surface area (Å²) in [5, 5.41) is 0. The lowest BCUT2D eigenvalue weighted by atomic mass is 9.99. The minimum absolute atomic E-state index is 0.874. The van der Waals surface area contributed by atoms with Crippen molar-refractivity contribution in [2.24, 2.45) is 5.92 Å². The molecule has 0 aromatic rings. The molecule has 0 saturated carbocycles. The first-order valence-electron chi connectivity index (χ1n) is 5.20. The van der Waals surface area contributed by atoms with Crippen LogP contribution in [0.2, 0.25) is 0 Å². The van der Waals surface area contributed by atoms with Crippen molar-refractivity contribution in [3.63, 3.8) is 0 Å². The predicted molar refractivity (Wildman–Crippen MR) is 61.6 cm³/mol. The first-order chi connectivity index (χ1) is 6.22. The van der Waals surface area contributed by atoms with E-state index in [1.54, 1.807) is 0 Å². The Hall–Kier alpha value is 0.270. The van der Waals surface area contributed by atoms with Crippen LogP contribution in [0, 0.1) is 5.92 Å². The lowest BCUT2D eigenvalue weighted by molar-refractivity contribution is 0.179. The maximum absolute atomic E-state index is 4.35. The van der Waals surface area contributed by atoms with Crippen molar-refractivity contribution >= 4 is 12.6 Å². The molecule has 2 nitrogen and oxygen atoms in total. The van der Waals surface area contributed by atoms with Gasteiger partial charge >= 0.3 is 0 Å². The first-order valence-corrected chi connectivity index (χ1v) is 5.83. The quantitative estimate of drug-likeness (QED) is 0.684. The summed E-state index contributed by atoms with van der Waals surface area (Å²) in [7, 11) is 4.28. The molecule has 0 aromatic heterocycles. The van der Waals surface area contributed by atoms with Crippen molar-refractivity contribution in [1.82, 2.24) is 9.80 Å². The first kappa shape index (κ1) is 11.3. The molecule has 0 aromatic carbocycles. The number of nitrogens with zero attached hydrogens (tertiary/aromatic N) is 2. The summed E-state index contributed by atoms with van der Waals surface area (Å²) in [5.74, 6) is 1.94. The molecule has 0 bridgehead atoms. The Balaban J connectivity index is 2.10. The zero-order chi connectivity index (χ0) is 9.68. The molecule has 1 aliphatic heterocycles. The Morgan fingerprint density at radius 3 is 2.38 bits per heavy atom. The summed E-state index contributed by atoms with van der Waals surface area (Å²) >= 11 is 4.35. The van der Waals surface area contributed by atoms with Gasteiger partial charge in [0, 0.05) is 13.1 Å². The van der Waals surface area contributed by atoms with Gasteiger partial charge in [-0.2, -0.15) is 12.6 Å². The maximum Gasteiger partial charge on any atom is 0.0109 e. The largest absolute Gasteiger partial charge is 0.308 e. The minimum atomic E-state index is 0.874. The molecule has 0 aliphatic carbocycles. The number of likely N-dealkylation sites (tertiary alicyclic amines) is 1. The minimum Gasteiger partial charge on any atom is -0.308 e. The number of piperidine rings is 1. The highest BCUT2D eigenvalue weighted by Crippen LogP contribution is 2.17. The van der Waals surface area contributed by atoms with E-state index in [0.717, 1.165) is 11.7 Å². The van der Waals surface area contributed by atoms with E-state index in [1.807, 2.05) is 0 Å². The number of hydrogen-bond acceptors (Lipinski definition) is 3. The van der Waals surface area contributed by atoms with Gasteiger partial charge in [-0.1, -0.05) is 0 Å². The fourth-order valence-electron chi connectivity index (χ4n) is 1.73. The second kappa shape index (κ2) is 5.89. The van der Waals surface area contributed by atoms with E-state index in [0.29, 0.717) is 0 Å². The van der Waals surface area contributed by atoms with Gasteiger partial charge in [-0.3, -0.25) is 0 Å². The number of rotatable bonds is 4. The van der Waals surface area contributed by atoms with Crippen LogP contribution in [-0.2, 0) is 0 Å². The Morgan fingerprint density at radius 2 is 1.92 bits per heavy atom. The number of thiol groups is 1. The SMILES string of the molecule is CN(C)CCN1CCC(CS)CC1. The van der Waals surface area contributed by atoms with E-state index < -0.39 is 0 Å². The van der Waals surface area contributed by atoms with E-state index >= 15 is 0 Å². The van der Waals surface area contributed by atoms with Gasteiger partial charge < -0.3 is 9.80 Å². The molecular formula is C10H22N2S. The smallest absolute Gasteiger partial charge is 0.0109 e. The van der Waals surface area contributed by atoms with Crippen LogP contribution in [0.25, 0.3) is 0 Å². The summed E-state index contributed by atoms with van der Waals surface area (Å²) in [5.41, 5.74) is 0. The highest BCUT2D eigenvalue weighted by Gasteiger charge is 2.17. The molecule has 1 heterocycles.